The molecule has 0 amide bonds. The first kappa shape index (κ1) is 35.0. The van der Waals surface area contributed by atoms with E-state index in [2.05, 4.69) is 48.8 Å². The third-order valence-electron chi connectivity index (χ3n) is 7.83. The van der Waals surface area contributed by atoms with Crippen LogP contribution in [0.2, 0.25) is 0 Å². The predicted octanol–water partition coefficient (Wildman–Crippen LogP) is 7.17. The van der Waals surface area contributed by atoms with Crippen molar-refractivity contribution < 1.29 is 9.53 Å². The number of ether oxygens (including phenoxy) is 1. The number of aromatic nitrogens is 2. The number of rotatable bonds is 7. The molecule has 1 aliphatic carbocycles. The number of anilines is 2. The molecule has 0 unspecified atom stereocenters. The van der Waals surface area contributed by atoms with Crippen LogP contribution in [0.3, 0.4) is 0 Å². The molecule has 1 aromatic heterocycles. The molecule has 1 saturated carbocycles. The molecule has 0 atom stereocenters. The van der Waals surface area contributed by atoms with Gasteiger partial charge in [-0.05, 0) is 80.0 Å². The quantitative estimate of drug-likeness (QED) is 0.249. The number of nitrogens with two attached hydrogens (primary N) is 1. The Bertz CT molecular complexity index is 1030. The Labute approximate surface area is 243 Å². The first-order valence-corrected chi connectivity index (χ1v) is 14.7. The third-order valence-corrected chi connectivity index (χ3v) is 7.83. The van der Waals surface area contributed by atoms with Crippen LogP contribution < -0.4 is 16.4 Å². The second kappa shape index (κ2) is 17.6. The van der Waals surface area contributed by atoms with E-state index in [-0.39, 0.29) is 0 Å². The van der Waals surface area contributed by atoms with Gasteiger partial charge in [0, 0.05) is 57.6 Å². The van der Waals surface area contributed by atoms with E-state index in [9.17, 15) is 4.79 Å². The second-order valence-corrected chi connectivity index (χ2v) is 11.1. The minimum Gasteiger partial charge on any atom is -0.397 e. The summed E-state index contributed by atoms with van der Waals surface area (Å²) in [6.07, 6.45) is 13.2. The van der Waals surface area contributed by atoms with Gasteiger partial charge in [-0.1, -0.05) is 46.4 Å². The molecule has 2 heterocycles. The van der Waals surface area contributed by atoms with Crippen LogP contribution in [-0.4, -0.2) is 43.4 Å². The zero-order valence-electron chi connectivity index (χ0n) is 26.2. The average molecular weight is 554 g/mol. The zero-order chi connectivity index (χ0) is 30.2. The van der Waals surface area contributed by atoms with Gasteiger partial charge in [-0.25, -0.2) is 0 Å². The molecule has 2 fully saturated rings. The number of benzene rings is 1. The maximum atomic E-state index is 11.6. The van der Waals surface area contributed by atoms with E-state index in [1.165, 1.54) is 32.1 Å². The van der Waals surface area contributed by atoms with E-state index in [4.69, 9.17) is 10.5 Å². The molecule has 2 aliphatic rings. The lowest BCUT2D eigenvalue weighted by Gasteiger charge is -2.34. The molecule has 1 saturated heterocycles. The molecular formula is C33H55N5O2. The van der Waals surface area contributed by atoms with Crippen LogP contribution in [0.4, 0.5) is 11.4 Å². The van der Waals surface area contributed by atoms with Crippen LogP contribution in [0, 0.1) is 11.3 Å². The van der Waals surface area contributed by atoms with Crippen molar-refractivity contribution in [1.29, 1.82) is 0 Å². The van der Waals surface area contributed by atoms with Crippen LogP contribution >= 0.6 is 0 Å². The van der Waals surface area contributed by atoms with Gasteiger partial charge in [0.05, 0.1) is 11.1 Å². The monoisotopic (exact) mass is 553 g/mol. The van der Waals surface area contributed by atoms with Crippen molar-refractivity contribution in [3.8, 4) is 0 Å². The van der Waals surface area contributed by atoms with Crippen molar-refractivity contribution in [3.05, 3.63) is 61.0 Å². The lowest BCUT2D eigenvalue weighted by molar-refractivity contribution is -0.115. The summed E-state index contributed by atoms with van der Waals surface area (Å²) in [7, 11) is 5.60. The SMILES string of the molecule is C=C(N)c1ccnn1C.C=CCC1CCC(C)(C)CC1.CC.CNc1ccc(C2(C=O)CCOCC2)c(NC)c1. The number of hydrogen-bond donors (Lipinski definition) is 3. The van der Waals surface area contributed by atoms with Gasteiger partial charge in [0.1, 0.15) is 6.29 Å². The molecule has 224 valence electrons. The van der Waals surface area contributed by atoms with Gasteiger partial charge in [0.25, 0.3) is 0 Å². The van der Waals surface area contributed by atoms with Crippen LogP contribution in [-0.2, 0) is 22.0 Å². The molecule has 4 rings (SSSR count). The van der Waals surface area contributed by atoms with Gasteiger partial charge in [-0.15, -0.1) is 6.58 Å². The molecule has 7 nitrogen and oxygen atoms in total. The summed E-state index contributed by atoms with van der Waals surface area (Å²) in [5.74, 6) is 0.945. The molecule has 40 heavy (non-hydrogen) atoms. The van der Waals surface area contributed by atoms with Gasteiger partial charge in [-0.3, -0.25) is 4.68 Å². The molecule has 0 radical (unpaired) electrons. The smallest absolute Gasteiger partial charge is 0.130 e. The average Bonchev–Trinajstić information content (AvgIpc) is 3.42. The topological polar surface area (TPSA) is 94.2 Å². The number of carbonyl (C=O) groups excluding carboxylic acids is 1. The summed E-state index contributed by atoms with van der Waals surface area (Å²) in [6.45, 7) is 17.4. The highest BCUT2D eigenvalue weighted by molar-refractivity contribution is 5.76. The van der Waals surface area contributed by atoms with E-state index in [0.29, 0.717) is 24.3 Å². The fourth-order valence-electron chi connectivity index (χ4n) is 5.15. The molecule has 0 bridgehead atoms. The summed E-state index contributed by atoms with van der Waals surface area (Å²) in [5.41, 5.74) is 10.2. The number of allylic oxidation sites excluding steroid dienone is 1. The molecule has 0 spiro atoms. The van der Waals surface area contributed by atoms with Crippen LogP contribution in [0.25, 0.3) is 5.70 Å². The molecule has 7 heteroatoms. The summed E-state index contributed by atoms with van der Waals surface area (Å²) < 4.78 is 7.06. The molecule has 2 aromatic rings. The van der Waals surface area contributed by atoms with Crippen molar-refractivity contribution in [2.24, 2.45) is 24.1 Å². The van der Waals surface area contributed by atoms with Gasteiger partial charge < -0.3 is 25.9 Å². The predicted molar refractivity (Wildman–Crippen MR) is 172 cm³/mol. The third kappa shape index (κ3) is 10.5. The lowest BCUT2D eigenvalue weighted by atomic mass is 9.72. The van der Waals surface area contributed by atoms with E-state index in [1.54, 1.807) is 10.9 Å². The highest BCUT2D eigenvalue weighted by atomic mass is 16.5. The first-order chi connectivity index (χ1) is 19.1. The van der Waals surface area contributed by atoms with Crippen LogP contribution in [0.1, 0.15) is 83.9 Å². The fraction of sp³-hybridized carbons (Fsp3) is 0.576. The van der Waals surface area contributed by atoms with Gasteiger partial charge >= 0.3 is 0 Å². The summed E-state index contributed by atoms with van der Waals surface area (Å²) in [6, 6.07) is 7.91. The number of nitrogens with one attached hydrogen (secondary N) is 2. The Kier molecular flexibility index (Phi) is 15.4. The first-order valence-electron chi connectivity index (χ1n) is 14.7. The van der Waals surface area contributed by atoms with Crippen molar-refractivity contribution >= 4 is 23.4 Å². The highest BCUT2D eigenvalue weighted by Gasteiger charge is 2.36. The number of nitrogens with zero attached hydrogens (tertiary/aromatic N) is 2. The number of hydrogen-bond acceptors (Lipinski definition) is 6. The Balaban J connectivity index is 0.000000312. The zero-order valence-corrected chi connectivity index (χ0v) is 26.2. The maximum absolute atomic E-state index is 11.6. The summed E-state index contributed by atoms with van der Waals surface area (Å²) in [5, 5.41) is 10.2. The van der Waals surface area contributed by atoms with Crippen molar-refractivity contribution in [2.75, 3.05) is 37.9 Å². The molecule has 1 aliphatic heterocycles. The van der Waals surface area contributed by atoms with Gasteiger partial charge in [0.15, 0.2) is 0 Å². The molecular weight excluding hydrogens is 498 g/mol. The Morgan fingerprint density at radius 3 is 2.17 bits per heavy atom. The number of aldehydes is 1. The van der Waals surface area contributed by atoms with Crippen molar-refractivity contribution in [1.82, 2.24) is 9.78 Å². The van der Waals surface area contributed by atoms with E-state index in [1.807, 2.05) is 59.3 Å². The van der Waals surface area contributed by atoms with Gasteiger partial charge in [0.2, 0.25) is 0 Å². The minimum atomic E-state index is -0.400. The minimum absolute atomic E-state index is 0.400. The maximum Gasteiger partial charge on any atom is 0.130 e. The molecule has 1 aromatic carbocycles. The van der Waals surface area contributed by atoms with Gasteiger partial charge in [-0.2, -0.15) is 5.10 Å². The van der Waals surface area contributed by atoms with Crippen LogP contribution in [0.15, 0.2) is 49.7 Å². The Hall–Kier alpha value is -3.06. The lowest BCUT2D eigenvalue weighted by Crippen LogP contribution is -2.35. The summed E-state index contributed by atoms with van der Waals surface area (Å²) >= 11 is 0. The van der Waals surface area contributed by atoms with E-state index < -0.39 is 5.41 Å². The Morgan fingerprint density at radius 2 is 1.75 bits per heavy atom. The standard InChI is InChI=1S/C14H20N2O2.C11H20.C6H9N3.C2H6/c1-15-11-3-4-12(13(9-11)16-2)14(10-17)5-7-18-8-6-14;1-4-5-10-6-8-11(2,3)9-7-10;1-5(7)6-3-4-8-9(6)2;1-2/h3-4,9-10,15-16H,5-8H2,1-2H3;4,10H,1,5-9H2,2-3H3;3-4H,1,7H2,2H3;1-2H3. The van der Waals surface area contributed by atoms with Crippen LogP contribution in [0.5, 0.6) is 0 Å². The summed E-state index contributed by atoms with van der Waals surface area (Å²) in [4.78, 5) is 11.6. The van der Waals surface area contributed by atoms with Crippen molar-refractivity contribution in [2.45, 2.75) is 78.1 Å². The van der Waals surface area contributed by atoms with E-state index >= 15 is 0 Å². The molecule has 4 N–H and O–H groups in total. The van der Waals surface area contributed by atoms with Crippen molar-refractivity contribution in [3.63, 3.8) is 0 Å². The second-order valence-electron chi connectivity index (χ2n) is 11.1. The normalized spacial score (nSPS) is 17.3. The van der Waals surface area contributed by atoms with E-state index in [0.717, 1.165) is 47.7 Å². The Morgan fingerprint density at radius 1 is 1.12 bits per heavy atom. The fourth-order valence-corrected chi connectivity index (χ4v) is 5.15. The highest BCUT2D eigenvalue weighted by Crippen LogP contribution is 2.39. The largest absolute Gasteiger partial charge is 0.397 e. The number of aryl methyl sites for hydroxylation is 1. The number of carbonyl (C=O) groups is 1.